The van der Waals surface area contributed by atoms with Gasteiger partial charge >= 0.3 is 0 Å². The zero-order chi connectivity index (χ0) is 66.8. The lowest BCUT2D eigenvalue weighted by atomic mass is 9.70. The fraction of sp³-hybridized carbons (Fsp3) is 0.657. The third-order valence-electron chi connectivity index (χ3n) is 20.9. The molecule has 8 aliphatic heterocycles. The second-order valence-corrected chi connectivity index (χ2v) is 26.8. The Hall–Kier alpha value is -7.51. The van der Waals surface area contributed by atoms with E-state index in [0.717, 1.165) is 5.56 Å². The van der Waals surface area contributed by atoms with Crippen molar-refractivity contribution in [3.05, 3.63) is 53.6 Å². The SMILES string of the molecule is CC[C@H](C)[C@@H]1NC(=O)[C@H]([C@@H](C)CC)NC(=O)[C@@H]2CCCN2C(=O)[C@H](C(C)C)NC(=O)[C@H](Cc2ccc(O)cc2)NC(=O)[C@@H]2CCCN2C(=O)[C@@H]2CCCN2C(=O)[C@H]([C@@H](C)CC)NC1=O.COc1ccc2c(c1)N(OC)C(=O)[C@@]21C[C@@H]2N=C(C(C)=O)[C@@H]3[C@@H](O)[C@H]1OC[C@@H]32. The van der Waals surface area contributed by atoms with Crippen LogP contribution in [0.15, 0.2) is 47.5 Å². The highest BCUT2D eigenvalue weighted by molar-refractivity contribution is 6.40. The maximum Gasteiger partial charge on any atom is 0.264 e. The summed E-state index contributed by atoms with van der Waals surface area (Å²) in [7, 11) is 2.99. The number of hydrogen-bond acceptors (Lipinski definition) is 16. The molecule has 2 aromatic rings. The Morgan fingerprint density at radius 2 is 1.17 bits per heavy atom. The highest BCUT2D eigenvalue weighted by Crippen LogP contribution is 2.57. The van der Waals surface area contributed by atoms with Crippen molar-refractivity contribution in [1.29, 1.82) is 0 Å². The van der Waals surface area contributed by atoms with E-state index in [9.17, 15) is 58.2 Å². The van der Waals surface area contributed by atoms with Crippen LogP contribution in [-0.2, 0) is 69.4 Å². The van der Waals surface area contributed by atoms with Crippen molar-refractivity contribution in [3.8, 4) is 11.5 Å². The monoisotopic (exact) mass is 1280 g/mol. The number of fused-ring (bicyclic) bond motifs is 5. The molecule has 1 aliphatic carbocycles. The summed E-state index contributed by atoms with van der Waals surface area (Å²) >= 11 is 0. The molecule has 17 atom stereocenters. The van der Waals surface area contributed by atoms with Crippen molar-refractivity contribution >= 4 is 70.3 Å². The van der Waals surface area contributed by atoms with Gasteiger partial charge in [-0.15, -0.1) is 0 Å². The number of nitrogens with zero attached hydrogens (tertiary/aromatic N) is 5. The van der Waals surface area contributed by atoms with Crippen molar-refractivity contribution in [1.82, 2.24) is 41.3 Å². The lowest BCUT2D eigenvalue weighted by Gasteiger charge is -2.41. The van der Waals surface area contributed by atoms with Gasteiger partial charge in [0.25, 0.3) is 5.91 Å². The van der Waals surface area contributed by atoms with Crippen LogP contribution in [-0.4, -0.2) is 197 Å². The van der Waals surface area contributed by atoms with Gasteiger partial charge in [0.15, 0.2) is 5.78 Å². The first kappa shape index (κ1) is 68.8. The number of carbonyl (C=O) groups excluding carboxylic acids is 10. The number of phenolic OH excluding ortho intramolecular Hbond substituents is 1. The van der Waals surface area contributed by atoms with Crippen LogP contribution < -0.4 is 36.4 Å². The van der Waals surface area contributed by atoms with E-state index in [0.29, 0.717) is 93.5 Å². The lowest BCUT2D eigenvalue weighted by Crippen LogP contribution is -2.63. The molecule has 11 rings (SSSR count). The average molecular weight is 1280 g/mol. The van der Waals surface area contributed by atoms with E-state index in [1.54, 1.807) is 45.2 Å². The fourth-order valence-electron chi connectivity index (χ4n) is 15.0. The summed E-state index contributed by atoms with van der Waals surface area (Å²) < 4.78 is 11.4. The van der Waals surface area contributed by atoms with Gasteiger partial charge in [-0.05, 0) is 97.9 Å². The first-order chi connectivity index (χ1) is 43.8. The Kier molecular flexibility index (Phi) is 21.5. The molecule has 1 spiro atoms. The number of amides is 9. The number of carbonyl (C=O) groups is 10. The van der Waals surface area contributed by atoms with Crippen LogP contribution in [0.2, 0.25) is 0 Å². The third kappa shape index (κ3) is 13.2. The third-order valence-corrected chi connectivity index (χ3v) is 20.9. The highest BCUT2D eigenvalue weighted by atomic mass is 16.7. The minimum absolute atomic E-state index is 0.00312. The molecule has 7 fully saturated rings. The number of nitrogens with one attached hydrogen (secondary N) is 5. The molecule has 0 radical (unpaired) electrons. The fourth-order valence-corrected chi connectivity index (χ4v) is 15.0. The van der Waals surface area contributed by atoms with E-state index in [2.05, 4.69) is 31.6 Å². The number of Topliss-reactive ketones (excluding diaryl/α,β-unsaturated/α-hetero) is 1. The summed E-state index contributed by atoms with van der Waals surface area (Å²) in [5, 5.41) is 37.0. The number of methoxy groups -OCH3 is 1. The molecule has 92 heavy (non-hydrogen) atoms. The molecular weight excluding hydrogens is 1180 g/mol. The van der Waals surface area contributed by atoms with Gasteiger partial charge in [0.05, 0.1) is 44.4 Å². The molecule has 25 nitrogen and oxygen atoms in total. The van der Waals surface area contributed by atoms with Crippen LogP contribution >= 0.6 is 0 Å². The van der Waals surface area contributed by atoms with Gasteiger partial charge in [-0.1, -0.05) is 92.9 Å². The number of aliphatic imine (C=N–C) groups is 1. The zero-order valence-electron chi connectivity index (χ0n) is 54.9. The van der Waals surface area contributed by atoms with E-state index in [1.807, 2.05) is 47.6 Å². The maximum atomic E-state index is 14.6. The Bertz CT molecular complexity index is 3180. The Morgan fingerprint density at radius 1 is 0.663 bits per heavy atom. The normalized spacial score (nSPS) is 32.2. The highest BCUT2D eigenvalue weighted by Gasteiger charge is 2.68. The average Bonchev–Trinajstić information content (AvgIpc) is 1.53. The first-order valence-electron chi connectivity index (χ1n) is 33.0. The van der Waals surface area contributed by atoms with Gasteiger partial charge in [0, 0.05) is 50.9 Å². The molecule has 0 aromatic heterocycles. The van der Waals surface area contributed by atoms with Gasteiger partial charge in [-0.2, -0.15) is 5.06 Å². The molecule has 25 heteroatoms. The smallest absolute Gasteiger partial charge is 0.264 e. The van der Waals surface area contributed by atoms with Gasteiger partial charge in [-0.3, -0.25) is 57.8 Å². The number of aliphatic hydroxyl groups excluding tert-OH is 1. The summed E-state index contributed by atoms with van der Waals surface area (Å²) in [5.74, 6) is -5.97. The number of ketones is 1. The maximum absolute atomic E-state index is 14.6. The number of anilines is 1. The first-order valence-corrected chi connectivity index (χ1v) is 33.0. The molecule has 8 heterocycles. The van der Waals surface area contributed by atoms with Crippen molar-refractivity contribution in [2.75, 3.05) is 45.5 Å². The van der Waals surface area contributed by atoms with Crippen LogP contribution in [0.5, 0.6) is 11.5 Å². The number of benzene rings is 2. The van der Waals surface area contributed by atoms with Crippen LogP contribution in [0.3, 0.4) is 0 Å². The summed E-state index contributed by atoms with van der Waals surface area (Å²) in [6.45, 7) is 17.3. The number of aromatic hydroxyl groups is 1. The number of hydroxylamine groups is 1. The largest absolute Gasteiger partial charge is 0.508 e. The molecule has 9 aliphatic rings. The second-order valence-electron chi connectivity index (χ2n) is 26.8. The van der Waals surface area contributed by atoms with Gasteiger partial charge < -0.3 is 61.0 Å². The van der Waals surface area contributed by atoms with E-state index in [-0.39, 0.29) is 79.1 Å². The van der Waals surface area contributed by atoms with E-state index >= 15 is 0 Å². The zero-order valence-corrected chi connectivity index (χ0v) is 54.9. The Morgan fingerprint density at radius 3 is 1.73 bits per heavy atom. The second kappa shape index (κ2) is 28.8. The molecule has 0 unspecified atom stereocenters. The van der Waals surface area contributed by atoms with E-state index < -0.39 is 119 Å². The number of ether oxygens (including phenoxy) is 2. The summed E-state index contributed by atoms with van der Waals surface area (Å²) in [6.07, 6.45) is 2.69. The topological polar surface area (TPSA) is 324 Å². The minimum atomic E-state index is -1.20. The van der Waals surface area contributed by atoms with Crippen molar-refractivity contribution in [2.45, 2.75) is 205 Å². The number of aliphatic hydroxyl groups is 1. The molecule has 1 saturated carbocycles. The predicted molar refractivity (Wildman–Crippen MR) is 337 cm³/mol. The predicted octanol–water partition coefficient (Wildman–Crippen LogP) is 2.79. The Balaban J connectivity index is 0.000000293. The molecule has 2 aromatic carbocycles. The van der Waals surface area contributed by atoms with Crippen LogP contribution in [0.25, 0.3) is 0 Å². The van der Waals surface area contributed by atoms with Crippen LogP contribution in [0.4, 0.5) is 5.69 Å². The van der Waals surface area contributed by atoms with E-state index in [4.69, 9.17) is 14.3 Å². The molecule has 7 N–H and O–H groups in total. The number of rotatable bonds is 12. The summed E-state index contributed by atoms with van der Waals surface area (Å²) in [6, 6.07) is 3.08. The quantitative estimate of drug-likeness (QED) is 0.161. The van der Waals surface area contributed by atoms with Crippen LogP contribution in [0, 0.1) is 35.5 Å². The minimum Gasteiger partial charge on any atom is -0.508 e. The molecule has 9 amide bonds. The summed E-state index contributed by atoms with van der Waals surface area (Å²) in [4.78, 5) is 155. The van der Waals surface area contributed by atoms with Crippen molar-refractivity contribution < 1.29 is 72.5 Å². The van der Waals surface area contributed by atoms with Gasteiger partial charge in [-0.25, -0.2) is 0 Å². The van der Waals surface area contributed by atoms with E-state index in [1.165, 1.54) is 45.9 Å². The summed E-state index contributed by atoms with van der Waals surface area (Å²) in [5.41, 5.74) is 1.25. The van der Waals surface area contributed by atoms with Crippen molar-refractivity contribution in [3.63, 3.8) is 0 Å². The lowest BCUT2D eigenvalue weighted by molar-refractivity contribution is -0.152. The molecule has 4 bridgehead atoms. The van der Waals surface area contributed by atoms with Gasteiger partial charge in [0.2, 0.25) is 47.3 Å². The van der Waals surface area contributed by atoms with Crippen molar-refractivity contribution in [2.24, 2.45) is 40.5 Å². The Labute approximate surface area is 538 Å². The van der Waals surface area contributed by atoms with Crippen LogP contribution in [0.1, 0.15) is 138 Å². The molecular formula is C67H94N10O15. The standard InChI is InChI=1S/C47H72N8O9.C20H22N2O6/c1-9-27(6)37-43(60)51-38(28(7)10-2)44(61)52-39(29(8)11-3)47(64)55-24-14-17-35(55)45(62)53-22-12-15-33(53)41(58)48-32(25-30-18-20-31(56)21-19-30)40(57)49-36(26(4)5)46(63)54-23-13-16-34(54)42(59)50-37;1-9(23)16-15-11-8-28-18(17(15)24)20(7-13(11)21-16)12-5-4-10(26-2)6-14(12)22(27-3)19(20)25/h18-21,26-29,32-39,56H,9-17,22-25H2,1-8H3,(H,48,58)(H,49,57)(H,50,59)(H,51,60)(H,52,61);4-6,11,13,15,17-18,24H,7-8H2,1-3H3/t27-,28-,29-,32-,33-,34-,35-,36-,37-,38-,39-;11-,13+,15-,17-,18-,20+/m01/s1. The molecule has 502 valence electrons. The number of phenols is 1. The molecule has 6 saturated heterocycles. The van der Waals surface area contributed by atoms with Gasteiger partial charge in [0.1, 0.15) is 71.4 Å². The number of hydrogen-bond donors (Lipinski definition) is 7.